The van der Waals surface area contributed by atoms with E-state index >= 15 is 0 Å². The highest BCUT2D eigenvalue weighted by molar-refractivity contribution is 6.43. The molecule has 1 amide bonds. The van der Waals surface area contributed by atoms with E-state index in [1.807, 2.05) is 12.1 Å². The minimum absolute atomic E-state index is 0.0977. The third-order valence-corrected chi connectivity index (χ3v) is 5.35. The average molecular weight is 310 g/mol. The molecule has 6 nitrogen and oxygen atoms in total. The van der Waals surface area contributed by atoms with Crippen molar-refractivity contribution in [1.82, 2.24) is 4.90 Å². The van der Waals surface area contributed by atoms with Gasteiger partial charge in [-0.05, 0) is 37.2 Å². The zero-order valence-corrected chi connectivity index (χ0v) is 12.8. The summed E-state index contributed by atoms with van der Waals surface area (Å²) in [5, 5.41) is 18.8. The monoisotopic (exact) mass is 310 g/mol. The SMILES string of the molecule is N#CC1=C(N2CCC3(CC2)CC3)C2=CC(CO)N=CC2=NC1=O. The number of aliphatic imine (C=N–C) groups is 2. The molecule has 0 aromatic rings. The lowest BCUT2D eigenvalue weighted by Gasteiger charge is -2.38. The van der Waals surface area contributed by atoms with Gasteiger partial charge >= 0.3 is 0 Å². The molecule has 0 aromatic heterocycles. The van der Waals surface area contributed by atoms with Crippen molar-refractivity contribution in [2.45, 2.75) is 31.7 Å². The van der Waals surface area contributed by atoms with Gasteiger partial charge in [0.2, 0.25) is 0 Å². The summed E-state index contributed by atoms with van der Waals surface area (Å²) in [5.41, 5.74) is 2.58. The van der Waals surface area contributed by atoms with Gasteiger partial charge in [-0.1, -0.05) is 0 Å². The van der Waals surface area contributed by atoms with E-state index in [0.717, 1.165) is 31.5 Å². The molecule has 118 valence electrons. The number of allylic oxidation sites excluding steroid dienone is 1. The summed E-state index contributed by atoms with van der Waals surface area (Å²) in [4.78, 5) is 22.5. The van der Waals surface area contributed by atoms with Crippen molar-refractivity contribution in [3.05, 3.63) is 22.9 Å². The van der Waals surface area contributed by atoms with Crippen LogP contribution in [0.4, 0.5) is 0 Å². The molecule has 0 radical (unpaired) electrons. The van der Waals surface area contributed by atoms with E-state index in [1.165, 1.54) is 19.1 Å². The van der Waals surface area contributed by atoms with Gasteiger partial charge in [0.25, 0.3) is 5.91 Å². The van der Waals surface area contributed by atoms with Gasteiger partial charge < -0.3 is 10.0 Å². The van der Waals surface area contributed by atoms with Gasteiger partial charge in [-0.2, -0.15) is 5.26 Å². The smallest absolute Gasteiger partial charge is 0.290 e. The van der Waals surface area contributed by atoms with Crippen LogP contribution in [0.25, 0.3) is 0 Å². The summed E-state index contributed by atoms with van der Waals surface area (Å²) in [7, 11) is 0. The molecule has 0 bridgehead atoms. The number of dihydropyridines is 2. The maximum Gasteiger partial charge on any atom is 0.290 e. The first-order valence-corrected chi connectivity index (χ1v) is 8.05. The van der Waals surface area contributed by atoms with Crippen molar-refractivity contribution in [2.75, 3.05) is 19.7 Å². The Morgan fingerprint density at radius 1 is 1.35 bits per heavy atom. The minimum Gasteiger partial charge on any atom is -0.394 e. The van der Waals surface area contributed by atoms with Gasteiger partial charge in [0.1, 0.15) is 11.6 Å². The molecule has 4 aliphatic rings. The molecule has 1 aliphatic carbocycles. The van der Waals surface area contributed by atoms with E-state index in [0.29, 0.717) is 16.8 Å². The van der Waals surface area contributed by atoms with Crippen LogP contribution >= 0.6 is 0 Å². The van der Waals surface area contributed by atoms with Crippen LogP contribution in [0.15, 0.2) is 32.9 Å². The Bertz CT molecular complexity index is 724. The third-order valence-electron chi connectivity index (χ3n) is 5.35. The zero-order chi connectivity index (χ0) is 16.0. The number of aliphatic hydroxyl groups is 1. The molecule has 1 unspecified atom stereocenters. The second-order valence-electron chi connectivity index (χ2n) is 6.73. The quantitative estimate of drug-likeness (QED) is 0.824. The van der Waals surface area contributed by atoms with Gasteiger partial charge in [-0.25, -0.2) is 4.99 Å². The fraction of sp³-hybridized carbons (Fsp3) is 0.529. The number of likely N-dealkylation sites (tertiary alicyclic amines) is 1. The van der Waals surface area contributed by atoms with Crippen LogP contribution in [0.1, 0.15) is 25.7 Å². The molecule has 4 rings (SSSR count). The van der Waals surface area contributed by atoms with Crippen molar-refractivity contribution >= 4 is 17.8 Å². The summed E-state index contributed by atoms with van der Waals surface area (Å²) in [6.45, 7) is 1.62. The number of rotatable bonds is 2. The highest BCUT2D eigenvalue weighted by Crippen LogP contribution is 2.54. The van der Waals surface area contributed by atoms with E-state index < -0.39 is 5.91 Å². The molecule has 1 spiro atoms. The minimum atomic E-state index is -0.491. The van der Waals surface area contributed by atoms with Crippen LogP contribution in [0.5, 0.6) is 0 Å². The fourth-order valence-electron chi connectivity index (χ4n) is 3.66. The molecule has 3 heterocycles. The molecule has 3 aliphatic heterocycles. The van der Waals surface area contributed by atoms with Crippen molar-refractivity contribution in [2.24, 2.45) is 15.4 Å². The molecule has 2 fully saturated rings. The van der Waals surface area contributed by atoms with Crippen LogP contribution in [0.3, 0.4) is 0 Å². The standard InChI is InChI=1S/C17H18N4O2/c18-8-13-15(21-5-3-17(1-2-17)4-6-21)12-7-11(10-22)19-9-14(12)20-16(13)23/h7,9,11,22H,1-6,10H2. The van der Waals surface area contributed by atoms with Crippen LogP contribution in [-0.4, -0.2) is 53.6 Å². The van der Waals surface area contributed by atoms with Crippen LogP contribution in [0.2, 0.25) is 0 Å². The Kier molecular flexibility index (Phi) is 3.20. The number of piperidine rings is 1. The van der Waals surface area contributed by atoms with Gasteiger partial charge in [0.15, 0.2) is 0 Å². The molecule has 1 atom stereocenters. The average Bonchev–Trinajstić information content (AvgIpc) is 3.33. The van der Waals surface area contributed by atoms with Gasteiger partial charge in [-0.3, -0.25) is 9.79 Å². The summed E-state index contributed by atoms with van der Waals surface area (Å²) >= 11 is 0. The van der Waals surface area contributed by atoms with Crippen molar-refractivity contribution in [3.63, 3.8) is 0 Å². The zero-order valence-electron chi connectivity index (χ0n) is 12.8. The van der Waals surface area contributed by atoms with Crippen LogP contribution < -0.4 is 0 Å². The fourth-order valence-corrected chi connectivity index (χ4v) is 3.66. The summed E-state index contributed by atoms with van der Waals surface area (Å²) in [6.07, 6.45) is 8.19. The van der Waals surface area contributed by atoms with E-state index in [4.69, 9.17) is 0 Å². The molecule has 23 heavy (non-hydrogen) atoms. The lowest BCUT2D eigenvalue weighted by molar-refractivity contribution is -0.114. The number of hydrogen-bond donors (Lipinski definition) is 1. The van der Waals surface area contributed by atoms with Gasteiger partial charge in [0, 0.05) is 24.9 Å². The largest absolute Gasteiger partial charge is 0.394 e. The highest BCUT2D eigenvalue weighted by atomic mass is 16.3. The van der Waals surface area contributed by atoms with Crippen molar-refractivity contribution in [3.8, 4) is 6.07 Å². The lowest BCUT2D eigenvalue weighted by Crippen LogP contribution is -2.39. The maximum absolute atomic E-state index is 12.2. The molecular formula is C17H18N4O2. The number of aliphatic hydroxyl groups excluding tert-OH is 1. The Balaban J connectivity index is 1.72. The molecule has 0 aromatic carbocycles. The first-order valence-electron chi connectivity index (χ1n) is 8.05. The normalized spacial score (nSPS) is 28.3. The second-order valence-corrected chi connectivity index (χ2v) is 6.73. The number of amides is 1. The Morgan fingerprint density at radius 3 is 2.70 bits per heavy atom. The van der Waals surface area contributed by atoms with Gasteiger partial charge in [0.05, 0.1) is 24.1 Å². The summed E-state index contributed by atoms with van der Waals surface area (Å²) < 4.78 is 0. The van der Waals surface area contributed by atoms with E-state index in [-0.39, 0.29) is 18.2 Å². The third kappa shape index (κ3) is 2.32. The number of nitrogens with zero attached hydrogens (tertiary/aromatic N) is 4. The summed E-state index contributed by atoms with van der Waals surface area (Å²) in [6, 6.07) is 1.70. The van der Waals surface area contributed by atoms with Crippen LogP contribution in [-0.2, 0) is 4.79 Å². The Labute approximate surface area is 134 Å². The molecular weight excluding hydrogens is 292 g/mol. The first-order chi connectivity index (χ1) is 11.2. The van der Waals surface area contributed by atoms with Crippen LogP contribution in [0, 0.1) is 16.7 Å². The van der Waals surface area contributed by atoms with Crippen molar-refractivity contribution in [1.29, 1.82) is 5.26 Å². The summed E-state index contributed by atoms with van der Waals surface area (Å²) in [5.74, 6) is -0.491. The Morgan fingerprint density at radius 2 is 2.09 bits per heavy atom. The van der Waals surface area contributed by atoms with E-state index in [9.17, 15) is 15.2 Å². The number of carbonyl (C=O) groups is 1. The van der Waals surface area contributed by atoms with E-state index in [2.05, 4.69) is 14.9 Å². The first kappa shape index (κ1) is 14.3. The lowest BCUT2D eigenvalue weighted by atomic mass is 9.89. The van der Waals surface area contributed by atoms with E-state index in [1.54, 1.807) is 0 Å². The molecule has 1 N–H and O–H groups in total. The molecule has 6 heteroatoms. The van der Waals surface area contributed by atoms with Crippen molar-refractivity contribution < 1.29 is 9.90 Å². The maximum atomic E-state index is 12.2. The number of nitriles is 1. The van der Waals surface area contributed by atoms with Gasteiger partial charge in [-0.15, -0.1) is 0 Å². The topological polar surface area (TPSA) is 89.1 Å². The Hall–Kier alpha value is -2.26. The predicted molar refractivity (Wildman–Crippen MR) is 85.0 cm³/mol. The predicted octanol–water partition coefficient (Wildman–Crippen LogP) is 0.993. The molecule has 1 saturated heterocycles. The number of fused-ring (bicyclic) bond motifs is 1. The highest BCUT2D eigenvalue weighted by Gasteiger charge is 2.45. The second kappa shape index (κ2) is 5.14. The number of hydrogen-bond acceptors (Lipinski definition) is 5. The number of carbonyl (C=O) groups excluding carboxylic acids is 1. The molecule has 1 saturated carbocycles.